The van der Waals surface area contributed by atoms with Crippen LogP contribution in [0.15, 0.2) is 78.0 Å². The van der Waals surface area contributed by atoms with Gasteiger partial charge in [0.1, 0.15) is 0 Å². The lowest BCUT2D eigenvalue weighted by Crippen LogP contribution is -2.50. The van der Waals surface area contributed by atoms with Crippen LogP contribution in [0.3, 0.4) is 0 Å². The molecule has 3 heterocycles. The summed E-state index contributed by atoms with van der Waals surface area (Å²) in [4.78, 5) is 9.42. The molecule has 0 spiro atoms. The SMILES string of the molecule is CN=C(NCc1cnn(-c2ccccc2)c1)N1CC2OCCN(Cc3ccccc3)C2C1.I. The van der Waals surface area contributed by atoms with Crippen molar-refractivity contribution in [3.63, 3.8) is 0 Å². The van der Waals surface area contributed by atoms with E-state index in [0.29, 0.717) is 12.6 Å². The van der Waals surface area contributed by atoms with Gasteiger partial charge in [0, 0.05) is 51.5 Å². The van der Waals surface area contributed by atoms with Gasteiger partial charge >= 0.3 is 0 Å². The van der Waals surface area contributed by atoms with E-state index in [4.69, 9.17) is 4.74 Å². The Hall–Kier alpha value is -2.43. The first kappa shape index (κ1) is 23.7. The van der Waals surface area contributed by atoms with Crippen LogP contribution in [-0.2, 0) is 17.8 Å². The van der Waals surface area contributed by atoms with E-state index in [9.17, 15) is 0 Å². The fraction of sp³-hybridized carbons (Fsp3) is 0.360. The van der Waals surface area contributed by atoms with Crippen molar-refractivity contribution < 1.29 is 4.74 Å². The van der Waals surface area contributed by atoms with Crippen molar-refractivity contribution in [1.29, 1.82) is 0 Å². The van der Waals surface area contributed by atoms with Gasteiger partial charge in [0.15, 0.2) is 5.96 Å². The van der Waals surface area contributed by atoms with Crippen LogP contribution in [0.4, 0.5) is 0 Å². The number of ether oxygens (including phenoxy) is 1. The summed E-state index contributed by atoms with van der Waals surface area (Å²) < 4.78 is 8.03. The molecule has 0 saturated carbocycles. The molecule has 1 aromatic heterocycles. The van der Waals surface area contributed by atoms with Gasteiger partial charge in [0.25, 0.3) is 0 Å². The van der Waals surface area contributed by atoms with Crippen molar-refractivity contribution in [2.24, 2.45) is 4.99 Å². The summed E-state index contributed by atoms with van der Waals surface area (Å²) in [6, 6.07) is 21.2. The molecule has 0 amide bonds. The molecule has 2 unspecified atom stereocenters. The Labute approximate surface area is 212 Å². The molecule has 7 nitrogen and oxygen atoms in total. The Morgan fingerprint density at radius 1 is 1.06 bits per heavy atom. The molecule has 2 atom stereocenters. The summed E-state index contributed by atoms with van der Waals surface area (Å²) in [6.45, 7) is 5.17. The lowest BCUT2D eigenvalue weighted by Gasteiger charge is -2.36. The van der Waals surface area contributed by atoms with Crippen LogP contribution in [0.25, 0.3) is 5.69 Å². The normalized spacial score (nSPS) is 20.9. The minimum Gasteiger partial charge on any atom is -0.373 e. The largest absolute Gasteiger partial charge is 0.373 e. The molecule has 2 fully saturated rings. The van der Waals surface area contributed by atoms with Crippen molar-refractivity contribution in [1.82, 2.24) is 24.9 Å². The molecular weight excluding hydrogens is 527 g/mol. The first-order valence-electron chi connectivity index (χ1n) is 11.2. The number of morpholine rings is 1. The van der Waals surface area contributed by atoms with Crippen LogP contribution in [0.5, 0.6) is 0 Å². The van der Waals surface area contributed by atoms with Crippen LogP contribution in [0.1, 0.15) is 11.1 Å². The maximum Gasteiger partial charge on any atom is 0.194 e. The van der Waals surface area contributed by atoms with Crippen LogP contribution >= 0.6 is 24.0 Å². The average Bonchev–Trinajstić information content (AvgIpc) is 3.49. The van der Waals surface area contributed by atoms with Gasteiger partial charge < -0.3 is 15.0 Å². The average molecular weight is 558 g/mol. The molecule has 2 saturated heterocycles. The van der Waals surface area contributed by atoms with Gasteiger partial charge in [-0.3, -0.25) is 9.89 Å². The number of nitrogens with one attached hydrogen (secondary N) is 1. The third kappa shape index (κ3) is 5.56. The number of aliphatic imine (C=N–C) groups is 1. The number of nitrogens with zero attached hydrogens (tertiary/aromatic N) is 5. The van der Waals surface area contributed by atoms with Crippen molar-refractivity contribution in [3.05, 3.63) is 84.2 Å². The summed E-state index contributed by atoms with van der Waals surface area (Å²) in [5, 5.41) is 8.01. The van der Waals surface area contributed by atoms with Gasteiger partial charge in [0.05, 0.1) is 30.6 Å². The van der Waals surface area contributed by atoms with E-state index in [0.717, 1.165) is 50.0 Å². The van der Waals surface area contributed by atoms with E-state index in [1.54, 1.807) is 0 Å². The van der Waals surface area contributed by atoms with E-state index < -0.39 is 0 Å². The highest BCUT2D eigenvalue weighted by Crippen LogP contribution is 2.24. The topological polar surface area (TPSA) is 57.9 Å². The Balaban J connectivity index is 0.00000259. The molecule has 174 valence electrons. The molecule has 2 aromatic carbocycles. The monoisotopic (exact) mass is 558 g/mol. The standard InChI is InChI=1S/C25H30N6O.HI/c1-26-25(27-14-21-15-28-31(17-21)22-10-6-3-7-11-22)30-18-23-24(19-30)32-13-12-29(23)16-20-8-4-2-5-9-20;/h2-11,15,17,23-24H,12-14,16,18-19H2,1H3,(H,26,27);1H. The number of fused-ring (bicyclic) bond motifs is 1. The highest BCUT2D eigenvalue weighted by Gasteiger charge is 2.41. The van der Waals surface area contributed by atoms with Crippen molar-refractivity contribution in [3.8, 4) is 5.69 Å². The van der Waals surface area contributed by atoms with Gasteiger partial charge in [0.2, 0.25) is 0 Å². The van der Waals surface area contributed by atoms with Crippen molar-refractivity contribution in [2.75, 3.05) is 33.3 Å². The minimum atomic E-state index is 0. The zero-order valence-corrected chi connectivity index (χ0v) is 21.2. The van der Waals surface area contributed by atoms with E-state index in [-0.39, 0.29) is 30.1 Å². The van der Waals surface area contributed by atoms with Crippen LogP contribution < -0.4 is 5.32 Å². The summed E-state index contributed by atoms with van der Waals surface area (Å²) >= 11 is 0. The second-order valence-electron chi connectivity index (χ2n) is 8.37. The second-order valence-corrected chi connectivity index (χ2v) is 8.37. The molecule has 2 aliphatic heterocycles. The van der Waals surface area contributed by atoms with Crippen molar-refractivity contribution in [2.45, 2.75) is 25.2 Å². The number of halogens is 1. The first-order valence-corrected chi connectivity index (χ1v) is 11.2. The highest BCUT2D eigenvalue weighted by molar-refractivity contribution is 14.0. The lowest BCUT2D eigenvalue weighted by molar-refractivity contribution is -0.0502. The third-order valence-electron chi connectivity index (χ3n) is 6.26. The highest BCUT2D eigenvalue weighted by atomic mass is 127. The Bertz CT molecular complexity index is 1040. The zero-order valence-electron chi connectivity index (χ0n) is 18.9. The van der Waals surface area contributed by atoms with Gasteiger partial charge in [-0.2, -0.15) is 5.10 Å². The minimum absolute atomic E-state index is 0. The Morgan fingerprint density at radius 3 is 2.58 bits per heavy atom. The molecule has 8 heteroatoms. The lowest BCUT2D eigenvalue weighted by atomic mass is 10.1. The van der Waals surface area contributed by atoms with E-state index in [2.05, 4.69) is 73.9 Å². The fourth-order valence-electron chi connectivity index (χ4n) is 4.63. The third-order valence-corrected chi connectivity index (χ3v) is 6.26. The second kappa shape index (κ2) is 11.1. The zero-order chi connectivity index (χ0) is 21.8. The number of hydrogen-bond acceptors (Lipinski definition) is 4. The van der Waals surface area contributed by atoms with E-state index in [1.807, 2.05) is 36.1 Å². The maximum absolute atomic E-state index is 6.13. The predicted octanol–water partition coefficient (Wildman–Crippen LogP) is 3.15. The summed E-state index contributed by atoms with van der Waals surface area (Å²) in [5.74, 6) is 0.912. The number of benzene rings is 2. The van der Waals surface area contributed by atoms with Gasteiger partial charge in [-0.15, -0.1) is 24.0 Å². The molecular formula is C25H31IN6O. The predicted molar refractivity (Wildman–Crippen MR) is 141 cm³/mol. The van der Waals surface area contributed by atoms with E-state index in [1.165, 1.54) is 5.56 Å². The molecule has 0 bridgehead atoms. The number of hydrogen-bond donors (Lipinski definition) is 1. The molecule has 5 rings (SSSR count). The molecule has 0 radical (unpaired) electrons. The van der Waals surface area contributed by atoms with Gasteiger partial charge in [-0.25, -0.2) is 4.68 Å². The van der Waals surface area contributed by atoms with Crippen LogP contribution in [0, 0.1) is 0 Å². The maximum atomic E-state index is 6.13. The Morgan fingerprint density at radius 2 is 1.82 bits per heavy atom. The number of likely N-dealkylation sites (tertiary alicyclic amines) is 1. The number of guanidine groups is 1. The van der Waals surface area contributed by atoms with Crippen molar-refractivity contribution >= 4 is 29.9 Å². The fourth-order valence-corrected chi connectivity index (χ4v) is 4.63. The smallest absolute Gasteiger partial charge is 0.194 e. The molecule has 3 aromatic rings. The Kier molecular flexibility index (Phi) is 8.00. The summed E-state index contributed by atoms with van der Waals surface area (Å²) in [6.07, 6.45) is 4.18. The number of rotatable bonds is 5. The molecule has 0 aliphatic carbocycles. The van der Waals surface area contributed by atoms with Gasteiger partial charge in [-0.05, 0) is 17.7 Å². The molecule has 1 N–H and O–H groups in total. The van der Waals surface area contributed by atoms with Crippen LogP contribution in [-0.4, -0.2) is 71.0 Å². The molecule has 33 heavy (non-hydrogen) atoms. The summed E-state index contributed by atoms with van der Waals surface area (Å²) in [7, 11) is 1.85. The van der Waals surface area contributed by atoms with Gasteiger partial charge in [-0.1, -0.05) is 48.5 Å². The van der Waals surface area contributed by atoms with Crippen LogP contribution in [0.2, 0.25) is 0 Å². The molecule has 2 aliphatic rings. The quantitative estimate of drug-likeness (QED) is 0.297. The summed E-state index contributed by atoms with van der Waals surface area (Å²) in [5.41, 5.74) is 3.53. The number of para-hydroxylation sites is 1. The first-order chi connectivity index (χ1) is 15.8. The van der Waals surface area contributed by atoms with E-state index >= 15 is 0 Å². The number of aromatic nitrogens is 2.